The number of fused-ring (bicyclic) bond motifs is 1. The minimum atomic E-state index is 0.294. The molecule has 0 aliphatic heterocycles. The lowest BCUT2D eigenvalue weighted by Gasteiger charge is -2.28. The molecule has 1 aliphatic rings. The zero-order chi connectivity index (χ0) is 17.2. The van der Waals surface area contributed by atoms with E-state index in [9.17, 15) is 0 Å². The standard InChI is InChI=1S/C17H18Cl2N6/c18-14-10-20-17(22-11-4-3-5-12(8-11)24-19)23-16(14)13-9-21-25-7-2-1-6-15(13)25/h1-2,6-7,9-12,24H,3-5,8H2,(H,20,22,23)/t11-,12+/m1/s1. The molecule has 3 heterocycles. The molecular weight excluding hydrogens is 359 g/mol. The van der Waals surface area contributed by atoms with E-state index in [-0.39, 0.29) is 0 Å². The number of rotatable bonds is 4. The van der Waals surface area contributed by atoms with Crippen LogP contribution in [0.5, 0.6) is 0 Å². The van der Waals surface area contributed by atoms with Crippen molar-refractivity contribution in [3.05, 3.63) is 41.8 Å². The largest absolute Gasteiger partial charge is 0.351 e. The Labute approximate surface area is 155 Å². The molecule has 6 nitrogen and oxygen atoms in total. The second kappa shape index (κ2) is 7.15. The van der Waals surface area contributed by atoms with Crippen molar-refractivity contribution in [2.45, 2.75) is 37.8 Å². The summed E-state index contributed by atoms with van der Waals surface area (Å²) in [4.78, 5) is 11.8. The lowest BCUT2D eigenvalue weighted by Crippen LogP contribution is -2.35. The number of anilines is 1. The van der Waals surface area contributed by atoms with Crippen LogP contribution in [0.1, 0.15) is 25.7 Å². The van der Waals surface area contributed by atoms with Gasteiger partial charge in [0, 0.05) is 23.8 Å². The number of pyridine rings is 1. The van der Waals surface area contributed by atoms with Crippen molar-refractivity contribution in [2.24, 2.45) is 0 Å². The maximum atomic E-state index is 6.36. The number of hydrogen-bond acceptors (Lipinski definition) is 5. The molecule has 8 heteroatoms. The molecule has 2 N–H and O–H groups in total. The highest BCUT2D eigenvalue weighted by Crippen LogP contribution is 2.30. The van der Waals surface area contributed by atoms with Gasteiger partial charge < -0.3 is 5.32 Å². The summed E-state index contributed by atoms with van der Waals surface area (Å²) in [7, 11) is 0. The number of hydrogen-bond donors (Lipinski definition) is 2. The monoisotopic (exact) mass is 376 g/mol. The Balaban J connectivity index is 1.63. The normalized spacial score (nSPS) is 20.7. The highest BCUT2D eigenvalue weighted by molar-refractivity contribution is 6.33. The molecule has 0 spiro atoms. The fourth-order valence-corrected chi connectivity index (χ4v) is 3.74. The Morgan fingerprint density at radius 3 is 2.92 bits per heavy atom. The molecule has 2 atom stereocenters. The molecule has 0 bridgehead atoms. The first-order valence-electron chi connectivity index (χ1n) is 8.32. The Kier molecular flexibility index (Phi) is 4.74. The maximum absolute atomic E-state index is 6.36. The topological polar surface area (TPSA) is 67.1 Å². The molecule has 25 heavy (non-hydrogen) atoms. The number of nitrogens with zero attached hydrogens (tertiary/aromatic N) is 4. The van der Waals surface area contributed by atoms with Crippen molar-refractivity contribution in [1.29, 1.82) is 0 Å². The highest BCUT2D eigenvalue weighted by atomic mass is 35.5. The number of halogens is 2. The van der Waals surface area contributed by atoms with Gasteiger partial charge in [-0.1, -0.05) is 17.7 Å². The van der Waals surface area contributed by atoms with E-state index in [4.69, 9.17) is 23.4 Å². The predicted octanol–water partition coefficient (Wildman–Crippen LogP) is 3.91. The molecular formula is C17H18Cl2N6. The average molecular weight is 377 g/mol. The quantitative estimate of drug-likeness (QED) is 0.675. The molecule has 0 saturated heterocycles. The van der Waals surface area contributed by atoms with Gasteiger partial charge in [0.2, 0.25) is 5.95 Å². The lowest BCUT2D eigenvalue weighted by molar-refractivity contribution is 0.390. The molecule has 1 saturated carbocycles. The van der Waals surface area contributed by atoms with E-state index in [0.717, 1.165) is 36.8 Å². The fraction of sp³-hybridized carbons (Fsp3) is 0.353. The van der Waals surface area contributed by atoms with Crippen LogP contribution >= 0.6 is 23.4 Å². The number of nitrogens with one attached hydrogen (secondary N) is 2. The van der Waals surface area contributed by atoms with Crippen LogP contribution in [0.15, 0.2) is 36.8 Å². The van der Waals surface area contributed by atoms with E-state index in [0.29, 0.717) is 28.7 Å². The maximum Gasteiger partial charge on any atom is 0.223 e. The van der Waals surface area contributed by atoms with Crippen LogP contribution in [-0.4, -0.2) is 31.7 Å². The average Bonchev–Trinajstić information content (AvgIpc) is 3.07. The summed E-state index contributed by atoms with van der Waals surface area (Å²) in [5.41, 5.74) is 2.53. The molecule has 1 aliphatic carbocycles. The van der Waals surface area contributed by atoms with Gasteiger partial charge >= 0.3 is 0 Å². The van der Waals surface area contributed by atoms with Crippen molar-refractivity contribution in [2.75, 3.05) is 5.32 Å². The van der Waals surface area contributed by atoms with Gasteiger partial charge in [0.15, 0.2) is 0 Å². The third-order valence-electron chi connectivity index (χ3n) is 4.59. The van der Waals surface area contributed by atoms with E-state index < -0.39 is 0 Å². The minimum Gasteiger partial charge on any atom is -0.351 e. The van der Waals surface area contributed by atoms with E-state index in [1.54, 1.807) is 16.9 Å². The summed E-state index contributed by atoms with van der Waals surface area (Å²) >= 11 is 12.1. The van der Waals surface area contributed by atoms with Crippen molar-refractivity contribution >= 4 is 34.8 Å². The highest BCUT2D eigenvalue weighted by Gasteiger charge is 2.22. The summed E-state index contributed by atoms with van der Waals surface area (Å²) in [6.45, 7) is 0. The Morgan fingerprint density at radius 1 is 1.16 bits per heavy atom. The van der Waals surface area contributed by atoms with Crippen LogP contribution in [0, 0.1) is 0 Å². The second-order valence-corrected chi connectivity index (χ2v) is 6.92. The lowest BCUT2D eigenvalue weighted by atomic mass is 9.92. The van der Waals surface area contributed by atoms with Gasteiger partial charge in [-0.25, -0.2) is 19.3 Å². The zero-order valence-electron chi connectivity index (χ0n) is 13.5. The smallest absolute Gasteiger partial charge is 0.223 e. The Hall–Kier alpha value is -1.89. The SMILES string of the molecule is ClN[C@H]1CCC[C@@H](Nc2ncc(Cl)c(-c3cnn4ccccc34)n2)C1. The van der Waals surface area contributed by atoms with E-state index >= 15 is 0 Å². The zero-order valence-corrected chi connectivity index (χ0v) is 15.0. The summed E-state index contributed by atoms with van der Waals surface area (Å²) in [6, 6.07) is 6.51. The molecule has 0 aromatic carbocycles. The van der Waals surface area contributed by atoms with Gasteiger partial charge in [-0.05, 0) is 49.6 Å². The van der Waals surface area contributed by atoms with Crippen LogP contribution in [-0.2, 0) is 0 Å². The molecule has 130 valence electrons. The summed E-state index contributed by atoms with van der Waals surface area (Å²) in [5.74, 6) is 0.579. The van der Waals surface area contributed by atoms with Crippen LogP contribution in [0.3, 0.4) is 0 Å². The van der Waals surface area contributed by atoms with Crippen LogP contribution in [0.25, 0.3) is 16.8 Å². The minimum absolute atomic E-state index is 0.294. The second-order valence-electron chi connectivity index (χ2n) is 6.29. The van der Waals surface area contributed by atoms with Gasteiger partial charge in [0.05, 0.1) is 28.6 Å². The van der Waals surface area contributed by atoms with E-state index in [1.807, 2.05) is 24.4 Å². The molecule has 3 aromatic heterocycles. The van der Waals surface area contributed by atoms with Crippen LogP contribution in [0.2, 0.25) is 5.02 Å². The first-order valence-corrected chi connectivity index (χ1v) is 9.08. The van der Waals surface area contributed by atoms with Crippen molar-refractivity contribution in [3.63, 3.8) is 0 Å². The predicted molar refractivity (Wildman–Crippen MR) is 99.9 cm³/mol. The molecule has 0 radical (unpaired) electrons. The Morgan fingerprint density at radius 2 is 2.04 bits per heavy atom. The van der Waals surface area contributed by atoms with Gasteiger partial charge in [-0.15, -0.1) is 0 Å². The van der Waals surface area contributed by atoms with Gasteiger partial charge in [-0.2, -0.15) is 5.10 Å². The molecule has 0 unspecified atom stereocenters. The number of aromatic nitrogens is 4. The third kappa shape index (κ3) is 3.42. The van der Waals surface area contributed by atoms with E-state index in [1.165, 1.54) is 0 Å². The molecule has 3 aromatic rings. The third-order valence-corrected chi connectivity index (χ3v) is 5.17. The van der Waals surface area contributed by atoms with Gasteiger partial charge in [0.1, 0.15) is 0 Å². The summed E-state index contributed by atoms with van der Waals surface area (Å²) in [5, 5.41) is 8.28. The van der Waals surface area contributed by atoms with Crippen molar-refractivity contribution in [1.82, 2.24) is 24.4 Å². The van der Waals surface area contributed by atoms with Gasteiger partial charge in [-0.3, -0.25) is 0 Å². The molecule has 4 rings (SSSR count). The summed E-state index contributed by atoms with van der Waals surface area (Å²) in [6.07, 6.45) is 9.55. The van der Waals surface area contributed by atoms with Crippen molar-refractivity contribution in [3.8, 4) is 11.3 Å². The first kappa shape index (κ1) is 16.6. The van der Waals surface area contributed by atoms with Crippen LogP contribution < -0.4 is 10.2 Å². The fourth-order valence-electron chi connectivity index (χ4n) is 3.35. The van der Waals surface area contributed by atoms with Crippen molar-refractivity contribution < 1.29 is 0 Å². The van der Waals surface area contributed by atoms with Crippen LogP contribution in [0.4, 0.5) is 5.95 Å². The molecule has 0 amide bonds. The Bertz CT molecular complexity index is 880. The molecule has 1 fully saturated rings. The van der Waals surface area contributed by atoms with Gasteiger partial charge in [0.25, 0.3) is 0 Å². The first-order chi connectivity index (χ1) is 12.2. The summed E-state index contributed by atoms with van der Waals surface area (Å²) < 4.78 is 1.80. The van der Waals surface area contributed by atoms with E-state index in [2.05, 4.69) is 25.2 Å².